The summed E-state index contributed by atoms with van der Waals surface area (Å²) in [5.41, 5.74) is -1.21. The highest BCUT2D eigenvalue weighted by Crippen LogP contribution is 2.14. The van der Waals surface area contributed by atoms with Crippen LogP contribution in [0.2, 0.25) is 0 Å². The van der Waals surface area contributed by atoms with Crippen LogP contribution in [0.25, 0.3) is 0 Å². The average Bonchev–Trinajstić information content (AvgIpc) is 1.67. The summed E-state index contributed by atoms with van der Waals surface area (Å²) in [6.07, 6.45) is 0. The molecule has 0 aromatic rings. The highest BCUT2D eigenvalue weighted by molar-refractivity contribution is 5.85. The van der Waals surface area contributed by atoms with E-state index >= 15 is 0 Å². The highest BCUT2D eigenvalue weighted by Gasteiger charge is 2.26. The number of hydrogen-bond donors (Lipinski definition) is 1. The van der Waals surface area contributed by atoms with Crippen molar-refractivity contribution in [2.24, 2.45) is 5.41 Å². The third-order valence-electron chi connectivity index (χ3n) is 0.913. The molecule has 0 unspecified atom stereocenters. The molecule has 0 fully saturated rings. The first kappa shape index (κ1) is 11.5. The molecule has 0 amide bonds. The van der Waals surface area contributed by atoms with Crippen LogP contribution in [0.5, 0.6) is 0 Å². The van der Waals surface area contributed by atoms with Crippen LogP contribution in [0, 0.1) is 5.41 Å². The number of aliphatic carboxylic acids is 1. The molecule has 0 spiro atoms. The van der Waals surface area contributed by atoms with Gasteiger partial charge in [0.25, 0.3) is 0 Å². The monoisotopic (exact) mass is 156 g/mol. The van der Waals surface area contributed by atoms with Gasteiger partial charge in [-0.15, -0.1) is 12.4 Å². The van der Waals surface area contributed by atoms with E-state index in [1.807, 2.05) is 0 Å². The third kappa shape index (κ3) is 3.30. The summed E-state index contributed by atoms with van der Waals surface area (Å²) in [5.74, 6) is -1.10. The number of carboxylic acid groups (broad SMARTS) is 1. The largest absolute Gasteiger partial charge is 0.481 e. The van der Waals surface area contributed by atoms with Crippen molar-refractivity contribution in [3.8, 4) is 0 Å². The molecule has 0 bridgehead atoms. The molecule has 0 aliphatic heterocycles. The van der Waals surface area contributed by atoms with E-state index in [4.69, 9.17) is 5.11 Å². The Morgan fingerprint density at radius 2 is 2.00 bits per heavy atom. The van der Waals surface area contributed by atoms with E-state index in [2.05, 4.69) is 0 Å². The lowest BCUT2D eigenvalue weighted by Gasteiger charge is -2.11. The molecule has 4 heteroatoms. The van der Waals surface area contributed by atoms with Crippen LogP contribution >= 0.6 is 12.4 Å². The maximum Gasteiger partial charge on any atom is 0.311 e. The fraction of sp³-hybridized carbons (Fsp3) is 0.800. The van der Waals surface area contributed by atoms with Gasteiger partial charge < -0.3 is 5.11 Å². The summed E-state index contributed by atoms with van der Waals surface area (Å²) in [7, 11) is 0. The summed E-state index contributed by atoms with van der Waals surface area (Å²) >= 11 is 0. The fourth-order valence-corrected chi connectivity index (χ4v) is 0.0572. The van der Waals surface area contributed by atoms with Gasteiger partial charge >= 0.3 is 5.97 Å². The number of hydrogen-bond acceptors (Lipinski definition) is 1. The maximum absolute atomic E-state index is 11.6. The van der Waals surface area contributed by atoms with E-state index in [9.17, 15) is 9.18 Å². The van der Waals surface area contributed by atoms with Crippen molar-refractivity contribution in [2.75, 3.05) is 6.67 Å². The lowest BCUT2D eigenvalue weighted by atomic mass is 9.96. The van der Waals surface area contributed by atoms with Crippen molar-refractivity contribution in [1.29, 1.82) is 0 Å². The standard InChI is InChI=1S/C5H9FO2.ClH/c1-5(2,3-6)4(7)8;/h3H2,1-2H3,(H,7,8);1H. The topological polar surface area (TPSA) is 37.3 Å². The molecule has 56 valence electrons. The van der Waals surface area contributed by atoms with Crippen molar-refractivity contribution < 1.29 is 14.3 Å². The van der Waals surface area contributed by atoms with Gasteiger partial charge in [0.1, 0.15) is 6.67 Å². The summed E-state index contributed by atoms with van der Waals surface area (Å²) in [5, 5.41) is 8.20. The van der Waals surface area contributed by atoms with Crippen LogP contribution in [0.1, 0.15) is 13.8 Å². The number of alkyl halides is 1. The van der Waals surface area contributed by atoms with Gasteiger partial charge in [-0.05, 0) is 13.8 Å². The van der Waals surface area contributed by atoms with E-state index < -0.39 is 18.1 Å². The number of carboxylic acids is 1. The van der Waals surface area contributed by atoms with E-state index in [-0.39, 0.29) is 12.4 Å². The van der Waals surface area contributed by atoms with E-state index in [0.717, 1.165) is 0 Å². The first-order valence-electron chi connectivity index (χ1n) is 2.30. The smallest absolute Gasteiger partial charge is 0.311 e. The molecule has 1 N–H and O–H groups in total. The second-order valence-corrected chi connectivity index (χ2v) is 2.32. The van der Waals surface area contributed by atoms with E-state index in [0.29, 0.717) is 0 Å². The van der Waals surface area contributed by atoms with Crippen molar-refractivity contribution >= 4 is 18.4 Å². The van der Waals surface area contributed by atoms with Gasteiger partial charge in [0, 0.05) is 0 Å². The lowest BCUT2D eigenvalue weighted by Crippen LogP contribution is -2.25. The molecule has 0 heterocycles. The molecule has 0 rings (SSSR count). The Balaban J connectivity index is 0. The molecule has 0 atom stereocenters. The first-order chi connectivity index (χ1) is 3.50. The second kappa shape index (κ2) is 3.67. The maximum atomic E-state index is 11.6. The second-order valence-electron chi connectivity index (χ2n) is 2.32. The van der Waals surface area contributed by atoms with Crippen molar-refractivity contribution in [3.05, 3.63) is 0 Å². The first-order valence-corrected chi connectivity index (χ1v) is 2.30. The van der Waals surface area contributed by atoms with Crippen LogP contribution < -0.4 is 0 Å². The van der Waals surface area contributed by atoms with E-state index in [1.165, 1.54) is 13.8 Å². The van der Waals surface area contributed by atoms with Gasteiger partial charge in [0.05, 0.1) is 5.41 Å². The molecule has 2 nitrogen and oxygen atoms in total. The minimum atomic E-state index is -1.21. The Morgan fingerprint density at radius 1 is 1.67 bits per heavy atom. The van der Waals surface area contributed by atoms with Gasteiger partial charge in [-0.2, -0.15) is 0 Å². The van der Waals surface area contributed by atoms with Crippen LogP contribution in [-0.4, -0.2) is 17.8 Å². The minimum absolute atomic E-state index is 0. The van der Waals surface area contributed by atoms with Gasteiger partial charge in [0.2, 0.25) is 0 Å². The van der Waals surface area contributed by atoms with E-state index in [1.54, 1.807) is 0 Å². The van der Waals surface area contributed by atoms with Crippen molar-refractivity contribution in [2.45, 2.75) is 13.8 Å². The Bertz CT molecular complexity index is 103. The predicted molar refractivity (Wildman–Crippen MR) is 34.6 cm³/mol. The molecule has 0 aliphatic carbocycles. The Hall–Kier alpha value is -0.310. The number of halogens is 2. The molecule has 0 saturated heterocycles. The van der Waals surface area contributed by atoms with Gasteiger partial charge in [0.15, 0.2) is 0 Å². The SMILES string of the molecule is CC(C)(CF)C(=O)O.Cl. The number of rotatable bonds is 2. The fourth-order valence-electron chi connectivity index (χ4n) is 0.0572. The molecule has 9 heavy (non-hydrogen) atoms. The van der Waals surface area contributed by atoms with Gasteiger partial charge in [-0.25, -0.2) is 4.39 Å². The summed E-state index contributed by atoms with van der Waals surface area (Å²) in [6.45, 7) is 1.87. The molecule has 0 radical (unpaired) electrons. The molecule has 0 aromatic carbocycles. The average molecular weight is 157 g/mol. The highest BCUT2D eigenvalue weighted by atomic mass is 35.5. The van der Waals surface area contributed by atoms with Crippen LogP contribution in [-0.2, 0) is 4.79 Å². The zero-order valence-corrected chi connectivity index (χ0v) is 6.17. The van der Waals surface area contributed by atoms with Crippen LogP contribution in [0.4, 0.5) is 4.39 Å². The molecule has 0 saturated carbocycles. The molecule has 0 aromatic heterocycles. The Kier molecular flexibility index (Phi) is 4.68. The van der Waals surface area contributed by atoms with Gasteiger partial charge in [-0.1, -0.05) is 0 Å². The third-order valence-corrected chi connectivity index (χ3v) is 0.913. The Labute approximate surface area is 59.5 Å². The zero-order chi connectivity index (χ0) is 6.78. The van der Waals surface area contributed by atoms with Gasteiger partial charge in [-0.3, -0.25) is 4.79 Å². The molecule has 0 aliphatic rings. The minimum Gasteiger partial charge on any atom is -0.481 e. The normalized spacial score (nSPS) is 10.1. The summed E-state index contributed by atoms with van der Waals surface area (Å²) in [4.78, 5) is 10.0. The van der Waals surface area contributed by atoms with Crippen molar-refractivity contribution in [3.63, 3.8) is 0 Å². The number of carbonyl (C=O) groups is 1. The van der Waals surface area contributed by atoms with Crippen LogP contribution in [0.3, 0.4) is 0 Å². The zero-order valence-electron chi connectivity index (χ0n) is 5.35. The Morgan fingerprint density at radius 3 is 2.00 bits per heavy atom. The van der Waals surface area contributed by atoms with Crippen molar-refractivity contribution in [1.82, 2.24) is 0 Å². The van der Waals surface area contributed by atoms with Crippen LogP contribution in [0.15, 0.2) is 0 Å². The summed E-state index contributed by atoms with van der Waals surface area (Å²) in [6, 6.07) is 0. The molecular weight excluding hydrogens is 147 g/mol. The predicted octanol–water partition coefficient (Wildman–Crippen LogP) is 1.49. The summed E-state index contributed by atoms with van der Waals surface area (Å²) < 4.78 is 11.6. The lowest BCUT2D eigenvalue weighted by molar-refractivity contribution is -0.147. The quantitative estimate of drug-likeness (QED) is 0.658. The molecular formula is C5H10ClFO2.